The Morgan fingerprint density at radius 2 is 2.05 bits per heavy atom. The standard InChI is InChI=1S/C12H14Cl2O3.C3H6/c1-3-12(15)16-7-8(2)17-11-5-4-9(13)6-10(11)14;1-3-2/h4-6,8H,3,7H2,1-2H3;3H,1H2,2H3. The van der Waals surface area contributed by atoms with E-state index in [0.29, 0.717) is 22.2 Å². The number of benzene rings is 1. The van der Waals surface area contributed by atoms with E-state index in [9.17, 15) is 4.79 Å². The van der Waals surface area contributed by atoms with Crippen LogP contribution >= 0.6 is 23.2 Å². The van der Waals surface area contributed by atoms with Crippen LogP contribution in [-0.2, 0) is 9.53 Å². The molecule has 112 valence electrons. The van der Waals surface area contributed by atoms with Gasteiger partial charge < -0.3 is 9.47 Å². The number of rotatable bonds is 5. The van der Waals surface area contributed by atoms with Gasteiger partial charge in [-0.2, -0.15) is 0 Å². The highest BCUT2D eigenvalue weighted by molar-refractivity contribution is 6.35. The highest BCUT2D eigenvalue weighted by Crippen LogP contribution is 2.28. The lowest BCUT2D eigenvalue weighted by Gasteiger charge is -2.15. The summed E-state index contributed by atoms with van der Waals surface area (Å²) in [4.78, 5) is 11.0. The molecule has 0 aromatic heterocycles. The van der Waals surface area contributed by atoms with E-state index in [1.54, 1.807) is 38.1 Å². The first-order valence-corrected chi connectivity index (χ1v) is 7.04. The summed E-state index contributed by atoms with van der Waals surface area (Å²) < 4.78 is 10.5. The maximum absolute atomic E-state index is 11.0. The monoisotopic (exact) mass is 318 g/mol. The Hall–Kier alpha value is -1.19. The summed E-state index contributed by atoms with van der Waals surface area (Å²) in [6.45, 7) is 8.99. The molecule has 0 aliphatic carbocycles. The first kappa shape index (κ1) is 18.8. The van der Waals surface area contributed by atoms with Crippen LogP contribution in [0.25, 0.3) is 0 Å². The second kappa shape index (κ2) is 10.6. The average Bonchev–Trinajstić information content (AvgIpc) is 2.40. The quantitative estimate of drug-likeness (QED) is 0.571. The summed E-state index contributed by atoms with van der Waals surface area (Å²) in [7, 11) is 0. The molecule has 0 saturated carbocycles. The molecule has 0 spiro atoms. The number of carbonyl (C=O) groups excluding carboxylic acids is 1. The summed E-state index contributed by atoms with van der Waals surface area (Å²) in [6.07, 6.45) is 1.85. The van der Waals surface area contributed by atoms with E-state index < -0.39 is 0 Å². The van der Waals surface area contributed by atoms with E-state index in [1.165, 1.54) is 0 Å². The van der Waals surface area contributed by atoms with Crippen LogP contribution in [0.15, 0.2) is 30.9 Å². The Kier molecular flexibility index (Phi) is 9.95. The predicted molar refractivity (Wildman–Crippen MR) is 83.7 cm³/mol. The summed E-state index contributed by atoms with van der Waals surface area (Å²) in [6, 6.07) is 4.97. The number of hydrogen-bond acceptors (Lipinski definition) is 3. The Labute approximate surface area is 130 Å². The molecule has 1 rings (SSSR count). The van der Waals surface area contributed by atoms with Crippen LogP contribution in [0.1, 0.15) is 27.2 Å². The van der Waals surface area contributed by atoms with Crippen molar-refractivity contribution in [3.8, 4) is 5.75 Å². The molecular weight excluding hydrogens is 299 g/mol. The van der Waals surface area contributed by atoms with Gasteiger partial charge >= 0.3 is 5.97 Å². The third kappa shape index (κ3) is 8.08. The summed E-state index contributed by atoms with van der Waals surface area (Å²) in [5, 5.41) is 0.985. The molecule has 0 radical (unpaired) electrons. The summed E-state index contributed by atoms with van der Waals surface area (Å²) in [5.41, 5.74) is 0. The number of halogens is 2. The zero-order valence-corrected chi connectivity index (χ0v) is 13.5. The minimum absolute atomic E-state index is 0.200. The van der Waals surface area contributed by atoms with Crippen molar-refractivity contribution in [2.45, 2.75) is 33.3 Å². The topological polar surface area (TPSA) is 35.5 Å². The van der Waals surface area contributed by atoms with Gasteiger partial charge in [0.25, 0.3) is 0 Å². The van der Waals surface area contributed by atoms with Gasteiger partial charge in [0.1, 0.15) is 18.5 Å². The molecule has 0 bridgehead atoms. The van der Waals surface area contributed by atoms with E-state index in [2.05, 4.69) is 6.58 Å². The van der Waals surface area contributed by atoms with Crippen molar-refractivity contribution in [1.29, 1.82) is 0 Å². The van der Waals surface area contributed by atoms with Crippen molar-refractivity contribution in [2.24, 2.45) is 0 Å². The molecule has 0 heterocycles. The molecule has 3 nitrogen and oxygen atoms in total. The molecule has 0 saturated heterocycles. The molecule has 1 atom stereocenters. The SMILES string of the molecule is C=CC.CCC(=O)OCC(C)Oc1ccc(Cl)cc1Cl. The van der Waals surface area contributed by atoms with Crippen LogP contribution in [0.5, 0.6) is 5.75 Å². The number of allylic oxidation sites excluding steroid dienone is 1. The first-order chi connectivity index (χ1) is 9.44. The number of ether oxygens (including phenoxy) is 2. The Balaban J connectivity index is 0.00000110. The molecule has 0 N–H and O–H groups in total. The molecule has 0 fully saturated rings. The Bertz CT molecular complexity index is 433. The number of esters is 1. The Morgan fingerprint density at radius 3 is 2.55 bits per heavy atom. The highest BCUT2D eigenvalue weighted by atomic mass is 35.5. The van der Waals surface area contributed by atoms with Crippen LogP contribution in [-0.4, -0.2) is 18.7 Å². The van der Waals surface area contributed by atoms with Gasteiger partial charge in [0, 0.05) is 11.4 Å². The minimum atomic E-state index is -0.260. The molecule has 0 aliphatic heterocycles. The molecule has 20 heavy (non-hydrogen) atoms. The van der Waals surface area contributed by atoms with E-state index in [1.807, 2.05) is 6.92 Å². The normalized spacial score (nSPS) is 10.8. The summed E-state index contributed by atoms with van der Waals surface area (Å²) in [5.74, 6) is 0.277. The van der Waals surface area contributed by atoms with Gasteiger partial charge in [0.15, 0.2) is 0 Å². The van der Waals surface area contributed by atoms with Crippen LogP contribution in [0.2, 0.25) is 10.0 Å². The van der Waals surface area contributed by atoms with Gasteiger partial charge in [-0.1, -0.05) is 36.2 Å². The lowest BCUT2D eigenvalue weighted by molar-refractivity contribution is -0.145. The van der Waals surface area contributed by atoms with Crippen molar-refractivity contribution in [3.63, 3.8) is 0 Å². The molecule has 0 amide bonds. The summed E-state index contributed by atoms with van der Waals surface area (Å²) >= 11 is 11.7. The van der Waals surface area contributed by atoms with Gasteiger partial charge in [-0.15, -0.1) is 6.58 Å². The Morgan fingerprint density at radius 1 is 1.45 bits per heavy atom. The smallest absolute Gasteiger partial charge is 0.305 e. The van der Waals surface area contributed by atoms with Gasteiger partial charge in [-0.3, -0.25) is 4.79 Å². The number of carbonyl (C=O) groups is 1. The molecular formula is C15H20Cl2O3. The van der Waals surface area contributed by atoms with Crippen molar-refractivity contribution < 1.29 is 14.3 Å². The van der Waals surface area contributed by atoms with Crippen molar-refractivity contribution in [2.75, 3.05) is 6.61 Å². The average molecular weight is 319 g/mol. The maximum Gasteiger partial charge on any atom is 0.305 e. The third-order valence-corrected chi connectivity index (χ3v) is 2.52. The zero-order valence-electron chi connectivity index (χ0n) is 12.0. The van der Waals surface area contributed by atoms with Crippen molar-refractivity contribution in [1.82, 2.24) is 0 Å². The largest absolute Gasteiger partial charge is 0.486 e. The van der Waals surface area contributed by atoms with Crippen LogP contribution in [0.4, 0.5) is 0 Å². The fourth-order valence-electron chi connectivity index (χ4n) is 1.13. The zero-order chi connectivity index (χ0) is 15.5. The van der Waals surface area contributed by atoms with E-state index >= 15 is 0 Å². The van der Waals surface area contributed by atoms with Crippen molar-refractivity contribution >= 4 is 29.2 Å². The van der Waals surface area contributed by atoms with Crippen LogP contribution in [0, 0.1) is 0 Å². The lowest BCUT2D eigenvalue weighted by Crippen LogP contribution is -2.21. The van der Waals surface area contributed by atoms with Gasteiger partial charge in [-0.25, -0.2) is 0 Å². The second-order valence-electron chi connectivity index (χ2n) is 3.95. The van der Waals surface area contributed by atoms with Crippen LogP contribution < -0.4 is 4.74 Å². The lowest BCUT2D eigenvalue weighted by atomic mass is 10.3. The fraction of sp³-hybridized carbons (Fsp3) is 0.400. The van der Waals surface area contributed by atoms with Gasteiger partial charge in [-0.05, 0) is 32.0 Å². The second-order valence-corrected chi connectivity index (χ2v) is 4.79. The first-order valence-electron chi connectivity index (χ1n) is 6.28. The maximum atomic E-state index is 11.0. The molecule has 0 aliphatic rings. The van der Waals surface area contributed by atoms with E-state index in [0.717, 1.165) is 0 Å². The molecule has 5 heteroatoms. The molecule has 1 aromatic rings. The number of hydrogen-bond donors (Lipinski definition) is 0. The molecule has 1 unspecified atom stereocenters. The van der Waals surface area contributed by atoms with Crippen LogP contribution in [0.3, 0.4) is 0 Å². The third-order valence-electron chi connectivity index (χ3n) is 1.99. The van der Waals surface area contributed by atoms with Gasteiger partial charge in [0.05, 0.1) is 5.02 Å². The van der Waals surface area contributed by atoms with Crippen molar-refractivity contribution in [3.05, 3.63) is 40.9 Å². The minimum Gasteiger partial charge on any atom is -0.486 e. The van der Waals surface area contributed by atoms with Gasteiger partial charge in [0.2, 0.25) is 0 Å². The highest BCUT2D eigenvalue weighted by Gasteiger charge is 2.10. The fourth-order valence-corrected chi connectivity index (χ4v) is 1.59. The molecule has 1 aromatic carbocycles. The van der Waals surface area contributed by atoms with E-state index in [-0.39, 0.29) is 18.7 Å². The predicted octanol–water partition coefficient (Wildman–Crippen LogP) is 4.91. The van der Waals surface area contributed by atoms with E-state index in [4.69, 9.17) is 32.7 Å².